The molecule has 3 heterocycles. The number of nitrogens with one attached hydrogen (secondary N) is 2. The first kappa shape index (κ1) is 18.8. The number of amides is 1. The molecule has 0 radical (unpaired) electrons. The molecule has 1 atom stereocenters. The Bertz CT molecular complexity index is 943. The van der Waals surface area contributed by atoms with Crippen molar-refractivity contribution < 1.29 is 14.3 Å². The van der Waals surface area contributed by atoms with Gasteiger partial charge in [-0.05, 0) is 36.1 Å². The van der Waals surface area contributed by atoms with E-state index >= 15 is 0 Å². The van der Waals surface area contributed by atoms with E-state index in [4.69, 9.17) is 9.47 Å². The molecule has 7 nitrogen and oxygen atoms in total. The smallest absolute Gasteiger partial charge is 0.230 e. The van der Waals surface area contributed by atoms with E-state index in [1.807, 2.05) is 36.6 Å². The quantitative estimate of drug-likeness (QED) is 0.575. The van der Waals surface area contributed by atoms with Gasteiger partial charge in [0.1, 0.15) is 19.0 Å². The highest BCUT2D eigenvalue weighted by molar-refractivity contribution is 7.99. The third-order valence-corrected chi connectivity index (χ3v) is 5.93. The number of ether oxygens (including phenoxy) is 2. The van der Waals surface area contributed by atoms with Crippen LogP contribution in [0.2, 0.25) is 0 Å². The number of carbonyl (C=O) groups excluding carboxylic acids is 1. The molecular weight excluding hydrogens is 396 g/mol. The number of fused-ring (bicyclic) bond motifs is 1. The summed E-state index contributed by atoms with van der Waals surface area (Å²) in [5, 5.41) is 12.7. The summed E-state index contributed by atoms with van der Waals surface area (Å²) in [6, 6.07) is 9.68. The Hall–Kier alpha value is -2.52. The van der Waals surface area contributed by atoms with Crippen LogP contribution in [-0.4, -0.2) is 40.1 Å². The fourth-order valence-corrected chi connectivity index (χ4v) is 4.16. The molecule has 0 spiro atoms. The Morgan fingerprint density at radius 2 is 2.18 bits per heavy atom. The summed E-state index contributed by atoms with van der Waals surface area (Å²) in [7, 11) is 0. The monoisotopic (exact) mass is 416 g/mol. The average Bonchev–Trinajstić information content (AvgIpc) is 3.38. The van der Waals surface area contributed by atoms with Gasteiger partial charge >= 0.3 is 0 Å². The lowest BCUT2D eigenvalue weighted by atomic mass is 10.1. The zero-order valence-electron chi connectivity index (χ0n) is 15.3. The van der Waals surface area contributed by atoms with Crippen LogP contribution >= 0.6 is 23.1 Å². The molecule has 3 aromatic rings. The number of aromatic nitrogens is 3. The van der Waals surface area contributed by atoms with E-state index < -0.39 is 0 Å². The molecule has 0 saturated carbocycles. The number of thiophene rings is 1. The maximum absolute atomic E-state index is 12.3. The third-order valence-electron chi connectivity index (χ3n) is 4.21. The van der Waals surface area contributed by atoms with Crippen molar-refractivity contribution in [3.8, 4) is 11.5 Å². The fraction of sp³-hybridized carbons (Fsp3) is 0.316. The van der Waals surface area contributed by atoms with E-state index in [1.54, 1.807) is 11.3 Å². The van der Waals surface area contributed by atoms with Crippen LogP contribution in [0.25, 0.3) is 0 Å². The minimum absolute atomic E-state index is 0.0722. The maximum Gasteiger partial charge on any atom is 0.230 e. The number of carbonyl (C=O) groups is 1. The molecule has 2 aromatic heterocycles. The summed E-state index contributed by atoms with van der Waals surface area (Å²) >= 11 is 3.00. The van der Waals surface area contributed by atoms with Crippen molar-refractivity contribution in [2.45, 2.75) is 24.5 Å². The van der Waals surface area contributed by atoms with Crippen molar-refractivity contribution in [3.05, 3.63) is 52.0 Å². The topological polar surface area (TPSA) is 89.1 Å². The van der Waals surface area contributed by atoms with Gasteiger partial charge in [-0.25, -0.2) is 4.98 Å². The molecule has 28 heavy (non-hydrogen) atoms. The Morgan fingerprint density at radius 1 is 1.32 bits per heavy atom. The summed E-state index contributed by atoms with van der Waals surface area (Å²) in [6.45, 7) is 3.05. The summed E-state index contributed by atoms with van der Waals surface area (Å²) < 4.78 is 11.1. The Kier molecular flexibility index (Phi) is 5.82. The third kappa shape index (κ3) is 4.66. The maximum atomic E-state index is 12.3. The average molecular weight is 417 g/mol. The van der Waals surface area contributed by atoms with Crippen molar-refractivity contribution in [2.75, 3.05) is 19.0 Å². The van der Waals surface area contributed by atoms with Gasteiger partial charge in [-0.2, -0.15) is 0 Å². The molecule has 0 aliphatic carbocycles. The Morgan fingerprint density at radius 3 is 3.00 bits per heavy atom. The Balaban J connectivity index is 1.28. The standard InChI is InChI=1S/C19H20N4O3S2/c1-12(13-4-5-15-16(9-13)26-7-6-25-15)20-18(24)11-28-19-21-17(22-23-19)10-14-3-2-8-27-14/h2-5,8-9,12H,6-7,10-11H2,1H3,(H,20,24)(H,21,22,23). The molecule has 1 unspecified atom stereocenters. The molecule has 1 aliphatic heterocycles. The van der Waals surface area contributed by atoms with Gasteiger partial charge in [0.05, 0.1) is 11.8 Å². The van der Waals surface area contributed by atoms with Gasteiger partial charge in [0.2, 0.25) is 11.1 Å². The normalized spacial score (nSPS) is 13.9. The van der Waals surface area contributed by atoms with E-state index in [-0.39, 0.29) is 17.7 Å². The predicted octanol–water partition coefficient (Wildman–Crippen LogP) is 3.20. The largest absolute Gasteiger partial charge is 0.486 e. The number of thioether (sulfide) groups is 1. The zero-order chi connectivity index (χ0) is 19.3. The second-order valence-corrected chi connectivity index (χ2v) is 8.28. The minimum Gasteiger partial charge on any atom is -0.486 e. The van der Waals surface area contributed by atoms with Gasteiger partial charge in [0.15, 0.2) is 11.5 Å². The SMILES string of the molecule is CC(NC(=O)CSc1n[nH]c(Cc2cccs2)n1)c1ccc2c(c1)OCCO2. The number of hydrogen-bond donors (Lipinski definition) is 2. The zero-order valence-corrected chi connectivity index (χ0v) is 16.9. The summed E-state index contributed by atoms with van der Waals surface area (Å²) in [4.78, 5) is 18.0. The lowest BCUT2D eigenvalue weighted by molar-refractivity contribution is -0.119. The summed E-state index contributed by atoms with van der Waals surface area (Å²) in [5.74, 6) is 2.45. The van der Waals surface area contributed by atoms with Crippen molar-refractivity contribution in [2.24, 2.45) is 0 Å². The summed E-state index contributed by atoms with van der Waals surface area (Å²) in [5.41, 5.74) is 0.971. The van der Waals surface area contributed by atoms with Gasteiger partial charge in [-0.1, -0.05) is 23.9 Å². The molecule has 146 valence electrons. The van der Waals surface area contributed by atoms with E-state index in [0.717, 1.165) is 29.3 Å². The first-order valence-electron chi connectivity index (χ1n) is 8.93. The number of aromatic amines is 1. The van der Waals surface area contributed by atoms with Crippen LogP contribution in [0.15, 0.2) is 40.9 Å². The second-order valence-electron chi connectivity index (χ2n) is 6.30. The molecule has 1 aromatic carbocycles. The van der Waals surface area contributed by atoms with Crippen LogP contribution in [0.3, 0.4) is 0 Å². The van der Waals surface area contributed by atoms with E-state index in [1.165, 1.54) is 16.6 Å². The lowest BCUT2D eigenvalue weighted by Gasteiger charge is -2.21. The van der Waals surface area contributed by atoms with E-state index in [2.05, 4.69) is 26.6 Å². The number of rotatable bonds is 7. The van der Waals surface area contributed by atoms with Crippen LogP contribution < -0.4 is 14.8 Å². The van der Waals surface area contributed by atoms with Crippen molar-refractivity contribution in [1.82, 2.24) is 20.5 Å². The first-order chi connectivity index (χ1) is 13.7. The number of benzene rings is 1. The molecular formula is C19H20N4O3S2. The van der Waals surface area contributed by atoms with Crippen LogP contribution in [-0.2, 0) is 11.2 Å². The van der Waals surface area contributed by atoms with Gasteiger partial charge in [-0.15, -0.1) is 16.4 Å². The van der Waals surface area contributed by atoms with E-state index in [0.29, 0.717) is 18.4 Å². The van der Waals surface area contributed by atoms with Crippen LogP contribution in [0.1, 0.15) is 29.2 Å². The second kappa shape index (κ2) is 8.66. The van der Waals surface area contributed by atoms with Gasteiger partial charge in [0.25, 0.3) is 0 Å². The molecule has 0 fully saturated rings. The molecule has 0 saturated heterocycles. The number of nitrogens with zero attached hydrogens (tertiary/aromatic N) is 2. The van der Waals surface area contributed by atoms with Crippen LogP contribution in [0.5, 0.6) is 11.5 Å². The molecule has 2 N–H and O–H groups in total. The number of hydrogen-bond acceptors (Lipinski definition) is 7. The Labute approximate surface area is 170 Å². The summed E-state index contributed by atoms with van der Waals surface area (Å²) in [6.07, 6.45) is 0.721. The van der Waals surface area contributed by atoms with Crippen molar-refractivity contribution in [1.29, 1.82) is 0 Å². The minimum atomic E-state index is -0.134. The first-order valence-corrected chi connectivity index (χ1v) is 10.8. The number of H-pyrrole nitrogens is 1. The highest BCUT2D eigenvalue weighted by atomic mass is 32.2. The van der Waals surface area contributed by atoms with Gasteiger partial charge < -0.3 is 14.8 Å². The highest BCUT2D eigenvalue weighted by Crippen LogP contribution is 2.32. The van der Waals surface area contributed by atoms with Crippen LogP contribution in [0.4, 0.5) is 0 Å². The molecule has 1 aliphatic rings. The molecule has 4 rings (SSSR count). The molecule has 1 amide bonds. The molecule has 0 bridgehead atoms. The van der Waals surface area contributed by atoms with Gasteiger partial charge in [0, 0.05) is 11.3 Å². The van der Waals surface area contributed by atoms with Crippen LogP contribution in [0, 0.1) is 0 Å². The lowest BCUT2D eigenvalue weighted by Crippen LogP contribution is -2.28. The fourth-order valence-electron chi connectivity index (χ4n) is 2.83. The highest BCUT2D eigenvalue weighted by Gasteiger charge is 2.16. The molecule has 9 heteroatoms. The van der Waals surface area contributed by atoms with Crippen molar-refractivity contribution in [3.63, 3.8) is 0 Å². The van der Waals surface area contributed by atoms with Gasteiger partial charge in [-0.3, -0.25) is 9.89 Å². The van der Waals surface area contributed by atoms with E-state index in [9.17, 15) is 4.79 Å². The van der Waals surface area contributed by atoms with Crippen molar-refractivity contribution >= 4 is 29.0 Å². The predicted molar refractivity (Wildman–Crippen MR) is 108 cm³/mol.